The first-order valence-corrected chi connectivity index (χ1v) is 9.42. The molecule has 2 fully saturated rings. The number of anilines is 1. The maximum atomic E-state index is 4.69. The Morgan fingerprint density at radius 2 is 1.84 bits per heavy atom. The van der Waals surface area contributed by atoms with Gasteiger partial charge in [-0.15, -0.1) is 10.2 Å². The first-order chi connectivity index (χ1) is 12.1. The molecule has 3 heterocycles. The Bertz CT molecular complexity index is 713. The Hall–Kier alpha value is -1.73. The van der Waals surface area contributed by atoms with Gasteiger partial charge in [0.2, 0.25) is 5.65 Å². The number of fused-ring (bicyclic) bond motifs is 1. The molecule has 0 unspecified atom stereocenters. The van der Waals surface area contributed by atoms with Gasteiger partial charge >= 0.3 is 0 Å². The molecule has 2 aliphatic rings. The van der Waals surface area contributed by atoms with Crippen molar-refractivity contribution in [2.45, 2.75) is 37.6 Å². The first-order valence-electron chi connectivity index (χ1n) is 9.42. The van der Waals surface area contributed by atoms with E-state index in [1.165, 1.54) is 37.1 Å². The highest BCUT2D eigenvalue weighted by atomic mass is 15.4. The van der Waals surface area contributed by atoms with Crippen LogP contribution in [0.5, 0.6) is 0 Å². The van der Waals surface area contributed by atoms with E-state index in [0.717, 1.165) is 31.8 Å². The van der Waals surface area contributed by atoms with Gasteiger partial charge in [0.1, 0.15) is 6.33 Å². The van der Waals surface area contributed by atoms with Crippen molar-refractivity contribution < 1.29 is 0 Å². The minimum absolute atomic E-state index is 0.639. The van der Waals surface area contributed by atoms with Crippen LogP contribution in [-0.4, -0.2) is 83.0 Å². The van der Waals surface area contributed by atoms with Crippen molar-refractivity contribution in [3.05, 3.63) is 18.1 Å². The van der Waals surface area contributed by atoms with Crippen molar-refractivity contribution in [1.82, 2.24) is 29.6 Å². The van der Waals surface area contributed by atoms with E-state index in [2.05, 4.69) is 57.2 Å². The SMILES string of the molecule is CN(C)CCN(C)C1CCN(c2cc(C3CC3)nn3cnnc23)CC1. The Morgan fingerprint density at radius 1 is 1.08 bits per heavy atom. The smallest absolute Gasteiger partial charge is 0.200 e. The molecule has 0 amide bonds. The molecule has 1 aliphatic heterocycles. The summed E-state index contributed by atoms with van der Waals surface area (Å²) in [5.74, 6) is 0.639. The predicted octanol–water partition coefficient (Wildman–Crippen LogP) is 1.46. The fourth-order valence-electron chi connectivity index (χ4n) is 3.73. The van der Waals surface area contributed by atoms with Gasteiger partial charge in [0.25, 0.3) is 0 Å². The summed E-state index contributed by atoms with van der Waals surface area (Å²) in [5, 5.41) is 13.1. The Labute approximate surface area is 149 Å². The van der Waals surface area contributed by atoms with Crippen molar-refractivity contribution in [1.29, 1.82) is 0 Å². The van der Waals surface area contributed by atoms with Crippen LogP contribution < -0.4 is 4.90 Å². The van der Waals surface area contributed by atoms with Gasteiger partial charge in [0.05, 0.1) is 11.4 Å². The van der Waals surface area contributed by atoms with Crippen molar-refractivity contribution in [3.63, 3.8) is 0 Å². The van der Waals surface area contributed by atoms with Crippen LogP contribution in [0.15, 0.2) is 12.4 Å². The molecule has 0 radical (unpaired) electrons. The summed E-state index contributed by atoms with van der Waals surface area (Å²) < 4.78 is 1.86. The summed E-state index contributed by atoms with van der Waals surface area (Å²) in [6, 6.07) is 2.94. The molecular weight excluding hydrogens is 314 g/mol. The number of hydrogen-bond acceptors (Lipinski definition) is 6. The highest BCUT2D eigenvalue weighted by molar-refractivity contribution is 5.68. The molecule has 1 saturated carbocycles. The molecule has 1 aliphatic carbocycles. The number of likely N-dealkylation sites (N-methyl/N-ethyl adjacent to an activating group) is 2. The maximum absolute atomic E-state index is 4.69. The molecule has 7 heteroatoms. The lowest BCUT2D eigenvalue weighted by atomic mass is 10.0. The molecule has 2 aromatic heterocycles. The van der Waals surface area contributed by atoms with Gasteiger partial charge in [-0.05, 0) is 52.9 Å². The Balaban J connectivity index is 1.45. The lowest BCUT2D eigenvalue weighted by molar-refractivity contribution is 0.190. The zero-order valence-corrected chi connectivity index (χ0v) is 15.6. The second kappa shape index (κ2) is 6.88. The minimum Gasteiger partial charge on any atom is -0.368 e. The average Bonchev–Trinajstić information content (AvgIpc) is 3.36. The standard InChI is InChI=1S/C18H29N7/c1-22(2)10-11-23(3)15-6-8-24(9-7-15)17-12-16(14-4-5-14)21-25-13-19-20-18(17)25/h12-15H,4-11H2,1-3H3. The number of rotatable bonds is 6. The zero-order chi connectivity index (χ0) is 17.4. The third-order valence-corrected chi connectivity index (χ3v) is 5.59. The van der Waals surface area contributed by atoms with Crippen LogP contribution in [0.1, 0.15) is 37.3 Å². The first kappa shape index (κ1) is 16.7. The number of nitrogens with zero attached hydrogens (tertiary/aromatic N) is 7. The molecule has 136 valence electrons. The summed E-state index contributed by atoms with van der Waals surface area (Å²) >= 11 is 0. The second-order valence-electron chi connectivity index (χ2n) is 7.83. The van der Waals surface area contributed by atoms with Gasteiger partial charge in [-0.3, -0.25) is 0 Å². The van der Waals surface area contributed by atoms with Crippen molar-refractivity contribution in [3.8, 4) is 0 Å². The lowest BCUT2D eigenvalue weighted by Crippen LogP contribution is -2.45. The van der Waals surface area contributed by atoms with E-state index in [1.807, 2.05) is 4.52 Å². The topological polar surface area (TPSA) is 52.8 Å². The summed E-state index contributed by atoms with van der Waals surface area (Å²) in [7, 11) is 6.54. The third kappa shape index (κ3) is 3.62. The summed E-state index contributed by atoms with van der Waals surface area (Å²) in [6.07, 6.45) is 6.65. The average molecular weight is 343 g/mol. The van der Waals surface area contributed by atoms with Gasteiger partial charge in [-0.2, -0.15) is 9.61 Å². The highest BCUT2D eigenvalue weighted by Crippen LogP contribution is 2.40. The van der Waals surface area contributed by atoms with Crippen LogP contribution >= 0.6 is 0 Å². The fraction of sp³-hybridized carbons (Fsp3) is 0.722. The molecule has 1 saturated heterocycles. The molecule has 0 N–H and O–H groups in total. The number of piperidine rings is 1. The Morgan fingerprint density at radius 3 is 2.52 bits per heavy atom. The van der Waals surface area contributed by atoms with Crippen molar-refractivity contribution in [2.24, 2.45) is 0 Å². The molecule has 7 nitrogen and oxygen atoms in total. The molecule has 0 atom stereocenters. The van der Waals surface area contributed by atoms with Crippen molar-refractivity contribution in [2.75, 3.05) is 52.2 Å². The molecule has 0 aromatic carbocycles. The Kier molecular flexibility index (Phi) is 4.60. The van der Waals surface area contributed by atoms with E-state index >= 15 is 0 Å². The van der Waals surface area contributed by atoms with Crippen LogP contribution in [0.25, 0.3) is 5.65 Å². The third-order valence-electron chi connectivity index (χ3n) is 5.59. The van der Waals surface area contributed by atoms with E-state index in [4.69, 9.17) is 0 Å². The normalized spacial score (nSPS) is 19.5. The van der Waals surface area contributed by atoms with Gasteiger partial charge in [-0.1, -0.05) is 0 Å². The zero-order valence-electron chi connectivity index (χ0n) is 15.6. The van der Waals surface area contributed by atoms with Crippen LogP contribution in [0.4, 0.5) is 5.69 Å². The fourth-order valence-corrected chi connectivity index (χ4v) is 3.73. The van der Waals surface area contributed by atoms with E-state index in [1.54, 1.807) is 6.33 Å². The van der Waals surface area contributed by atoms with Gasteiger partial charge in [0, 0.05) is 38.1 Å². The summed E-state index contributed by atoms with van der Waals surface area (Å²) in [5.41, 5.74) is 3.31. The quantitative estimate of drug-likeness (QED) is 0.792. The van der Waals surface area contributed by atoms with Crippen LogP contribution in [-0.2, 0) is 0 Å². The molecule has 2 aromatic rings. The van der Waals surface area contributed by atoms with Crippen molar-refractivity contribution >= 4 is 11.3 Å². The van der Waals surface area contributed by atoms with Crippen LogP contribution in [0, 0.1) is 0 Å². The van der Waals surface area contributed by atoms with E-state index in [0.29, 0.717) is 12.0 Å². The minimum atomic E-state index is 0.639. The van der Waals surface area contributed by atoms with Gasteiger partial charge in [-0.25, -0.2) is 0 Å². The number of hydrogen-bond donors (Lipinski definition) is 0. The van der Waals surface area contributed by atoms with Gasteiger partial charge < -0.3 is 14.7 Å². The molecule has 25 heavy (non-hydrogen) atoms. The monoisotopic (exact) mass is 343 g/mol. The molecular formula is C18H29N7. The summed E-state index contributed by atoms with van der Waals surface area (Å²) in [6.45, 7) is 4.40. The van der Waals surface area contributed by atoms with E-state index in [-0.39, 0.29) is 0 Å². The maximum Gasteiger partial charge on any atom is 0.200 e. The second-order valence-corrected chi connectivity index (χ2v) is 7.83. The van der Waals surface area contributed by atoms with Gasteiger partial charge in [0.15, 0.2) is 0 Å². The molecule has 0 spiro atoms. The largest absolute Gasteiger partial charge is 0.368 e. The predicted molar refractivity (Wildman–Crippen MR) is 99.2 cm³/mol. The molecule has 0 bridgehead atoms. The summed E-state index contributed by atoms with van der Waals surface area (Å²) in [4.78, 5) is 7.25. The highest BCUT2D eigenvalue weighted by Gasteiger charge is 2.29. The number of aromatic nitrogens is 4. The van der Waals surface area contributed by atoms with Crippen LogP contribution in [0.3, 0.4) is 0 Å². The van der Waals surface area contributed by atoms with E-state index in [9.17, 15) is 0 Å². The van der Waals surface area contributed by atoms with Crippen LogP contribution in [0.2, 0.25) is 0 Å². The lowest BCUT2D eigenvalue weighted by Gasteiger charge is -2.38. The molecule has 4 rings (SSSR count). The van der Waals surface area contributed by atoms with E-state index < -0.39 is 0 Å².